The second-order valence-electron chi connectivity index (χ2n) is 29.4. The Morgan fingerprint density at radius 2 is 0.543 bits per heavy atom. The Hall–Kier alpha value is -5.61. The van der Waals surface area contributed by atoms with Crippen LogP contribution in [-0.4, -0.2) is 87.4 Å². The summed E-state index contributed by atoms with van der Waals surface area (Å²) in [5, 5.41) is 9.78. The summed E-state index contributed by atoms with van der Waals surface area (Å²) in [6.07, 6.45) is 125. The molecule has 0 saturated heterocycles. The first-order chi connectivity index (χ1) is 51.6. The van der Waals surface area contributed by atoms with E-state index in [1.807, 2.05) is 21.1 Å². The standard InChI is InChI=1S/C96H159NO8/c1-6-8-10-12-14-16-18-20-22-24-26-28-30-32-34-36-38-40-42-44-46-47-49-50-52-54-56-58-60-62-64-66-68-70-72-74-76-78-80-82-84-86-93(98)103-90-92(91-104-96(95(100)101)102-89-88-97(3,4)5)105-94(99)87-85-83-81-79-77-75-73-71-69-67-65-63-61-59-57-55-53-51-48-45-43-41-39-37-35-33-31-29-27-25-23-21-19-17-15-13-11-9-7-2/h9,11,15,17-18,20-21,23-24,26-27,29-30,32-33,35,39,41,45,48,53,55,59,61,65,67,71,73,77,79,92,96H,6-8,10,12-14,16,19,22,25,28,31,34,36-38,40,42-44,46-47,49-52,54,56-58,60,62-64,66,68-70,72,74-76,78,80-91H2,1-5H3/p+1/b11-9-,17-15-,20-18-,23-21-,26-24-,29-27-,32-30-,35-33-,41-39-,48-45-,55-53-,61-59-,67-65-,73-71-,79-77-. The normalized spacial score (nSPS) is 13.6. The number of rotatable bonds is 78. The van der Waals surface area contributed by atoms with Gasteiger partial charge in [-0.15, -0.1) is 0 Å². The number of hydrogen-bond acceptors (Lipinski definition) is 7. The topological polar surface area (TPSA) is 108 Å². The molecular formula is C96H160NO8+. The maximum absolute atomic E-state index is 13.0. The lowest BCUT2D eigenvalue weighted by Crippen LogP contribution is -2.40. The van der Waals surface area contributed by atoms with Gasteiger partial charge < -0.3 is 28.5 Å². The molecule has 0 aliphatic carbocycles. The third-order valence-corrected chi connectivity index (χ3v) is 18.1. The maximum atomic E-state index is 13.0. The molecular weight excluding hydrogens is 1300 g/mol. The Kier molecular flexibility index (Phi) is 79.5. The predicted octanol–water partition coefficient (Wildman–Crippen LogP) is 28.3. The molecule has 0 bridgehead atoms. The van der Waals surface area contributed by atoms with E-state index < -0.39 is 24.3 Å². The lowest BCUT2D eigenvalue weighted by atomic mass is 10.0. The van der Waals surface area contributed by atoms with Crippen LogP contribution in [0.2, 0.25) is 0 Å². The number of hydrogen-bond donors (Lipinski definition) is 1. The van der Waals surface area contributed by atoms with Gasteiger partial charge in [-0.25, -0.2) is 4.79 Å². The van der Waals surface area contributed by atoms with Crippen LogP contribution >= 0.6 is 0 Å². The third kappa shape index (κ3) is 85.5. The minimum atomic E-state index is -1.53. The molecule has 1 N–H and O–H groups in total. The molecule has 0 spiro atoms. The maximum Gasteiger partial charge on any atom is 0.361 e. The summed E-state index contributed by atoms with van der Waals surface area (Å²) in [5.41, 5.74) is 0. The van der Waals surface area contributed by atoms with Gasteiger partial charge in [-0.05, 0) is 141 Å². The van der Waals surface area contributed by atoms with Crippen molar-refractivity contribution in [2.45, 2.75) is 360 Å². The van der Waals surface area contributed by atoms with E-state index in [1.165, 1.54) is 193 Å². The highest BCUT2D eigenvalue weighted by Crippen LogP contribution is 2.18. The highest BCUT2D eigenvalue weighted by molar-refractivity contribution is 5.71. The molecule has 0 saturated carbocycles. The fourth-order valence-corrected chi connectivity index (χ4v) is 11.7. The summed E-state index contributed by atoms with van der Waals surface area (Å²) in [6, 6.07) is 0. The number of carbonyl (C=O) groups excluding carboxylic acids is 2. The van der Waals surface area contributed by atoms with Crippen LogP contribution in [0, 0.1) is 0 Å². The van der Waals surface area contributed by atoms with Crippen LogP contribution in [0.3, 0.4) is 0 Å². The monoisotopic (exact) mass is 1460 g/mol. The fourth-order valence-electron chi connectivity index (χ4n) is 11.7. The van der Waals surface area contributed by atoms with Crippen molar-refractivity contribution in [2.75, 3.05) is 47.5 Å². The lowest BCUT2D eigenvalue weighted by molar-refractivity contribution is -0.870. The number of carboxylic acid groups (broad SMARTS) is 1. The van der Waals surface area contributed by atoms with E-state index >= 15 is 0 Å². The van der Waals surface area contributed by atoms with Crippen molar-refractivity contribution in [1.82, 2.24) is 0 Å². The minimum Gasteiger partial charge on any atom is -0.477 e. The van der Waals surface area contributed by atoms with Gasteiger partial charge in [0.2, 0.25) is 0 Å². The Morgan fingerprint density at radius 3 is 0.829 bits per heavy atom. The molecule has 2 atom stereocenters. The Morgan fingerprint density at radius 1 is 0.295 bits per heavy atom. The number of unbranched alkanes of at least 4 members (excludes halogenated alkanes) is 33. The van der Waals surface area contributed by atoms with Crippen molar-refractivity contribution in [3.63, 3.8) is 0 Å². The molecule has 9 nitrogen and oxygen atoms in total. The molecule has 0 radical (unpaired) electrons. The first-order valence-corrected chi connectivity index (χ1v) is 42.9. The van der Waals surface area contributed by atoms with Gasteiger partial charge in [-0.1, -0.05) is 376 Å². The zero-order chi connectivity index (χ0) is 76.0. The van der Waals surface area contributed by atoms with Crippen molar-refractivity contribution in [3.8, 4) is 0 Å². The van der Waals surface area contributed by atoms with E-state index in [9.17, 15) is 19.5 Å². The van der Waals surface area contributed by atoms with Gasteiger partial charge in [-0.2, -0.15) is 0 Å². The number of aliphatic carboxylic acids is 1. The number of likely N-dealkylation sites (N-methyl/N-ethyl adjacent to an activating group) is 1. The van der Waals surface area contributed by atoms with E-state index in [1.54, 1.807) is 0 Å². The van der Waals surface area contributed by atoms with Gasteiger partial charge in [0.1, 0.15) is 13.2 Å². The first kappa shape index (κ1) is 99.4. The summed E-state index contributed by atoms with van der Waals surface area (Å²) in [4.78, 5) is 37.8. The van der Waals surface area contributed by atoms with E-state index in [0.717, 1.165) is 122 Å². The number of quaternary nitrogens is 1. The lowest BCUT2D eigenvalue weighted by Gasteiger charge is -2.25. The van der Waals surface area contributed by atoms with E-state index in [4.69, 9.17) is 18.9 Å². The molecule has 9 heteroatoms. The molecule has 0 aromatic rings. The molecule has 0 amide bonds. The Bertz CT molecular complexity index is 2400. The van der Waals surface area contributed by atoms with Crippen LogP contribution in [-0.2, 0) is 33.3 Å². The number of carboxylic acids is 1. The predicted molar refractivity (Wildman–Crippen MR) is 456 cm³/mol. The largest absolute Gasteiger partial charge is 0.477 e. The van der Waals surface area contributed by atoms with Crippen LogP contribution < -0.4 is 0 Å². The summed E-state index contributed by atoms with van der Waals surface area (Å²) in [7, 11) is 5.96. The second-order valence-corrected chi connectivity index (χ2v) is 29.4. The summed E-state index contributed by atoms with van der Waals surface area (Å²) >= 11 is 0. The van der Waals surface area contributed by atoms with Crippen LogP contribution in [0.5, 0.6) is 0 Å². The average molecular weight is 1460 g/mol. The number of esters is 2. The first-order valence-electron chi connectivity index (χ1n) is 42.9. The van der Waals surface area contributed by atoms with Crippen LogP contribution in [0.4, 0.5) is 0 Å². The van der Waals surface area contributed by atoms with Crippen molar-refractivity contribution in [2.24, 2.45) is 0 Å². The molecule has 0 fully saturated rings. The SMILES string of the molecule is CC/C=C\C/C=C\C/C=C\C/C=C\C/C=C\C/C=C\C/C=C\C/C=C\C/C=C\C/C=C\C/C=C\C/C=C\CCCCC(=O)OC(COC(=O)CCCCCCCCCCCCCCCCCCCCCCCCCCCC/C=C\C/C=C\C/C=C\CCCCCCC)COC(OCC[N+](C)(C)C)C(=O)O. The fraction of sp³-hybridized carbons (Fsp3) is 0.656. The highest BCUT2D eigenvalue weighted by atomic mass is 16.7. The number of nitrogens with zero attached hydrogens (tertiary/aromatic N) is 1. The van der Waals surface area contributed by atoms with E-state index in [-0.39, 0.29) is 38.6 Å². The second kappa shape index (κ2) is 84.0. The number of ether oxygens (including phenoxy) is 4. The zero-order valence-electron chi connectivity index (χ0n) is 68.3. The minimum absolute atomic E-state index is 0.171. The molecule has 596 valence electrons. The summed E-state index contributed by atoms with van der Waals surface area (Å²) in [6.45, 7) is 4.71. The summed E-state index contributed by atoms with van der Waals surface area (Å²) in [5.74, 6) is -2.07. The van der Waals surface area contributed by atoms with Crippen LogP contribution in [0.25, 0.3) is 0 Å². The highest BCUT2D eigenvalue weighted by Gasteiger charge is 2.25. The zero-order valence-corrected chi connectivity index (χ0v) is 68.3. The molecule has 0 aliphatic rings. The molecule has 0 aliphatic heterocycles. The number of carbonyl (C=O) groups is 3. The van der Waals surface area contributed by atoms with Gasteiger partial charge in [0.05, 0.1) is 34.4 Å². The Labute approximate surface area is 647 Å². The van der Waals surface area contributed by atoms with Crippen molar-refractivity contribution in [3.05, 3.63) is 182 Å². The van der Waals surface area contributed by atoms with Gasteiger partial charge in [0.25, 0.3) is 6.29 Å². The molecule has 0 aromatic carbocycles. The van der Waals surface area contributed by atoms with Gasteiger partial charge in [0, 0.05) is 12.8 Å². The quantitative estimate of drug-likeness (QED) is 0.0211. The van der Waals surface area contributed by atoms with Crippen LogP contribution in [0.1, 0.15) is 348 Å². The van der Waals surface area contributed by atoms with Gasteiger partial charge in [0.15, 0.2) is 6.10 Å². The molecule has 0 aromatic heterocycles. The Balaban J connectivity index is 4.10. The molecule has 105 heavy (non-hydrogen) atoms. The number of allylic oxidation sites excluding steroid dienone is 30. The van der Waals surface area contributed by atoms with Gasteiger partial charge >= 0.3 is 17.9 Å². The third-order valence-electron chi connectivity index (χ3n) is 18.1. The molecule has 2 unspecified atom stereocenters. The molecule has 0 rings (SSSR count). The van der Waals surface area contributed by atoms with Crippen molar-refractivity contribution >= 4 is 17.9 Å². The van der Waals surface area contributed by atoms with E-state index in [2.05, 4.69) is 196 Å². The van der Waals surface area contributed by atoms with Crippen molar-refractivity contribution < 1.29 is 42.9 Å². The summed E-state index contributed by atoms with van der Waals surface area (Å²) < 4.78 is 23.0. The average Bonchev–Trinajstić information content (AvgIpc) is 1.97. The van der Waals surface area contributed by atoms with Crippen LogP contribution in [0.15, 0.2) is 182 Å². The molecule has 0 heterocycles. The van der Waals surface area contributed by atoms with Gasteiger partial charge in [-0.3, -0.25) is 9.59 Å². The van der Waals surface area contributed by atoms with Crippen molar-refractivity contribution in [1.29, 1.82) is 0 Å². The smallest absolute Gasteiger partial charge is 0.361 e. The van der Waals surface area contributed by atoms with E-state index in [0.29, 0.717) is 17.4 Å².